The molecule has 3 rings (SSSR count). The first-order valence-electron chi connectivity index (χ1n) is 8.13. The van der Waals surface area contributed by atoms with Crippen LogP contribution in [0.5, 0.6) is 0 Å². The summed E-state index contributed by atoms with van der Waals surface area (Å²) in [5.41, 5.74) is 2.96. The molecule has 0 aliphatic heterocycles. The molecule has 0 aliphatic rings. The van der Waals surface area contributed by atoms with E-state index in [4.69, 9.17) is 5.10 Å². The third kappa shape index (κ3) is 2.94. The molecule has 4 nitrogen and oxygen atoms in total. The van der Waals surface area contributed by atoms with Crippen molar-refractivity contribution in [1.82, 2.24) is 19.7 Å². The zero-order chi connectivity index (χ0) is 16.6. The summed E-state index contributed by atoms with van der Waals surface area (Å²) in [5.74, 6) is 0. The highest BCUT2D eigenvalue weighted by Crippen LogP contribution is 2.32. The highest BCUT2D eigenvalue weighted by molar-refractivity contribution is 7.58. The van der Waals surface area contributed by atoms with Gasteiger partial charge in [-0.15, -0.1) is 0 Å². The predicted octanol–water partition coefficient (Wildman–Crippen LogP) is 0.966. The van der Waals surface area contributed by atoms with E-state index in [0.29, 0.717) is 6.39 Å². The summed E-state index contributed by atoms with van der Waals surface area (Å²) < 4.78 is 2.10. The van der Waals surface area contributed by atoms with E-state index >= 15 is 0 Å². The van der Waals surface area contributed by atoms with Gasteiger partial charge in [-0.3, -0.25) is 0 Å². The van der Waals surface area contributed by atoms with Crippen LogP contribution in [0.3, 0.4) is 0 Å². The Morgan fingerprint density at radius 1 is 1.09 bits per heavy atom. The number of nitrogens with zero attached hydrogens (tertiary/aromatic N) is 4. The van der Waals surface area contributed by atoms with Crippen molar-refractivity contribution in [3.63, 3.8) is 0 Å². The molecule has 0 radical (unpaired) electrons. The van der Waals surface area contributed by atoms with Crippen molar-refractivity contribution in [2.75, 3.05) is 0 Å². The van der Waals surface area contributed by atoms with Crippen LogP contribution in [-0.2, 0) is 0 Å². The molecule has 0 N–H and O–H groups in total. The molecule has 0 fully saturated rings. The topological polar surface area (TPSA) is 43.6 Å². The Kier molecular flexibility index (Phi) is 4.09. The van der Waals surface area contributed by atoms with E-state index in [0.717, 1.165) is 22.3 Å². The standard InChI is InChI=1S/C15H20B4N4/c1-15(2,3)18(19(16)17)23-14-12(9-20-10-21-14)13(22-23)11-7-5-4-6-8-11/h4-10H,16-17H2,1-3H3. The van der Waals surface area contributed by atoms with Crippen LogP contribution < -0.4 is 0 Å². The smallest absolute Gasteiger partial charge is 0.239 e. The van der Waals surface area contributed by atoms with Gasteiger partial charge in [0.15, 0.2) is 0 Å². The first-order valence-corrected chi connectivity index (χ1v) is 8.13. The SMILES string of the molecule is BB(B)B(n1nc(-c2ccccc2)c2cncnc21)C(C)(C)C. The summed E-state index contributed by atoms with van der Waals surface area (Å²) >= 11 is 0. The summed E-state index contributed by atoms with van der Waals surface area (Å²) in [6.07, 6.45) is 3.93. The van der Waals surface area contributed by atoms with Gasteiger partial charge in [0.05, 0.1) is 27.2 Å². The van der Waals surface area contributed by atoms with Gasteiger partial charge in [0.25, 0.3) is 0 Å². The van der Waals surface area contributed by atoms with Gasteiger partial charge < -0.3 is 4.59 Å². The molecular formula is C15H20B4N4. The van der Waals surface area contributed by atoms with Gasteiger partial charge in [-0.05, 0) is 5.31 Å². The third-order valence-corrected chi connectivity index (χ3v) is 4.20. The van der Waals surface area contributed by atoms with Gasteiger partial charge in [0, 0.05) is 11.8 Å². The summed E-state index contributed by atoms with van der Waals surface area (Å²) in [6.45, 7) is 7.04. The average molecular weight is 300 g/mol. The second kappa shape index (κ2) is 5.91. The molecule has 2 heterocycles. The van der Waals surface area contributed by atoms with E-state index in [2.05, 4.69) is 62.9 Å². The molecule has 0 aliphatic carbocycles. The first kappa shape index (κ1) is 15.9. The molecule has 0 atom stereocenters. The molecule has 3 aromatic rings. The van der Waals surface area contributed by atoms with Gasteiger partial charge in [-0.1, -0.05) is 51.1 Å². The van der Waals surface area contributed by atoms with Gasteiger partial charge in [0.2, 0.25) is 6.74 Å². The normalized spacial score (nSPS) is 11.6. The highest BCUT2D eigenvalue weighted by Gasteiger charge is 2.37. The fourth-order valence-corrected chi connectivity index (χ4v) is 3.53. The molecule has 0 saturated carbocycles. The van der Waals surface area contributed by atoms with Crippen LogP contribution in [0.4, 0.5) is 0 Å². The maximum absolute atomic E-state index is 4.96. The molecular weight excluding hydrogens is 279 g/mol. The van der Waals surface area contributed by atoms with Crippen LogP contribution in [0.15, 0.2) is 42.9 Å². The van der Waals surface area contributed by atoms with E-state index < -0.39 is 0 Å². The minimum atomic E-state index is 0.0893. The second-order valence-corrected chi connectivity index (χ2v) is 7.47. The zero-order valence-electron chi connectivity index (χ0n) is 14.5. The Morgan fingerprint density at radius 3 is 2.39 bits per heavy atom. The molecule has 0 spiro atoms. The number of fused-ring (bicyclic) bond motifs is 1. The third-order valence-electron chi connectivity index (χ3n) is 4.20. The van der Waals surface area contributed by atoms with Crippen LogP contribution in [0.25, 0.3) is 22.3 Å². The number of benzene rings is 1. The monoisotopic (exact) mass is 300 g/mol. The lowest BCUT2D eigenvalue weighted by Crippen LogP contribution is -2.50. The van der Waals surface area contributed by atoms with Crippen molar-refractivity contribution in [2.45, 2.75) is 26.1 Å². The van der Waals surface area contributed by atoms with Gasteiger partial charge in [0.1, 0.15) is 17.7 Å². The van der Waals surface area contributed by atoms with E-state index in [1.54, 1.807) is 6.33 Å². The molecule has 0 saturated heterocycles. The Balaban J connectivity index is 2.27. The van der Waals surface area contributed by atoms with E-state index in [1.165, 1.54) is 0 Å². The molecule has 8 heteroatoms. The fraction of sp³-hybridized carbons (Fsp3) is 0.267. The average Bonchev–Trinajstić information content (AvgIpc) is 2.86. The quantitative estimate of drug-likeness (QED) is 0.677. The lowest BCUT2D eigenvalue weighted by atomic mass is 8.92. The maximum Gasteiger partial charge on any atom is 0.239 e. The second-order valence-electron chi connectivity index (χ2n) is 7.47. The van der Waals surface area contributed by atoms with Crippen molar-refractivity contribution >= 4 is 39.6 Å². The lowest BCUT2D eigenvalue weighted by molar-refractivity contribution is 0.721. The van der Waals surface area contributed by atoms with Gasteiger partial charge >= 0.3 is 0 Å². The van der Waals surface area contributed by atoms with Gasteiger partial charge in [-0.2, -0.15) is 5.10 Å². The Morgan fingerprint density at radius 2 is 1.78 bits per heavy atom. The number of hydrogen-bond donors (Lipinski definition) is 0. The Hall–Kier alpha value is -1.97. The molecule has 0 unspecified atom stereocenters. The van der Waals surface area contributed by atoms with Crippen molar-refractivity contribution < 1.29 is 0 Å². The van der Waals surface area contributed by atoms with Crippen molar-refractivity contribution in [3.8, 4) is 11.3 Å². The maximum atomic E-state index is 4.96. The van der Waals surface area contributed by atoms with Crippen molar-refractivity contribution in [3.05, 3.63) is 42.9 Å². The van der Waals surface area contributed by atoms with Crippen LogP contribution >= 0.6 is 0 Å². The van der Waals surface area contributed by atoms with E-state index in [1.807, 2.05) is 24.4 Å². The summed E-state index contributed by atoms with van der Waals surface area (Å²) in [7, 11) is 4.49. The van der Waals surface area contributed by atoms with Crippen LogP contribution in [0, 0.1) is 0 Å². The largest absolute Gasteiger partial charge is 0.305 e. The fourth-order valence-electron chi connectivity index (χ4n) is 3.53. The first-order chi connectivity index (χ1) is 10.9. The molecule has 23 heavy (non-hydrogen) atoms. The molecule has 1 aromatic carbocycles. The van der Waals surface area contributed by atoms with Crippen LogP contribution in [-0.4, -0.2) is 48.3 Å². The predicted molar refractivity (Wildman–Crippen MR) is 104 cm³/mol. The van der Waals surface area contributed by atoms with Crippen LogP contribution in [0.1, 0.15) is 20.8 Å². The summed E-state index contributed by atoms with van der Waals surface area (Å²) in [6, 6.07) is 10.3. The van der Waals surface area contributed by atoms with Gasteiger partial charge in [-0.25, -0.2) is 9.97 Å². The number of aromatic nitrogens is 4. The molecule has 0 amide bonds. The van der Waals surface area contributed by atoms with Crippen LogP contribution in [0.2, 0.25) is 5.31 Å². The Labute approximate surface area is 140 Å². The highest BCUT2D eigenvalue weighted by atomic mass is 15.3. The number of hydrogen-bond acceptors (Lipinski definition) is 3. The van der Waals surface area contributed by atoms with Crippen molar-refractivity contribution in [1.29, 1.82) is 0 Å². The minimum Gasteiger partial charge on any atom is -0.305 e. The lowest BCUT2D eigenvalue weighted by Gasteiger charge is -2.30. The van der Waals surface area contributed by atoms with Crippen molar-refractivity contribution in [2.24, 2.45) is 0 Å². The Bertz CT molecular complexity index is 811. The summed E-state index contributed by atoms with van der Waals surface area (Å²) in [5, 5.41) is 6.06. The minimum absolute atomic E-state index is 0.0893. The zero-order valence-corrected chi connectivity index (χ0v) is 14.5. The van der Waals surface area contributed by atoms with E-state index in [9.17, 15) is 0 Å². The molecule has 112 valence electrons. The summed E-state index contributed by atoms with van der Waals surface area (Å²) in [4.78, 5) is 8.75. The van der Waals surface area contributed by atoms with E-state index in [-0.39, 0.29) is 12.1 Å². The molecule has 2 aromatic heterocycles. The number of rotatable bonds is 3. The molecule has 0 bridgehead atoms.